The summed E-state index contributed by atoms with van der Waals surface area (Å²) in [6.45, 7) is 5.65. The molecule has 1 atom stereocenters. The average molecular weight is 222 g/mol. The lowest BCUT2D eigenvalue weighted by molar-refractivity contribution is 0.544. The van der Waals surface area contributed by atoms with Crippen LogP contribution in [0.4, 0.5) is 0 Å². The monoisotopic (exact) mass is 222 g/mol. The number of aryl methyl sites for hydroxylation is 1. The standard InChI is InChI=1S/C12H22N4/c1-4-5-6-7-14-12(8-13)11-9-15-16(3)10(11)2/h4-5,9,12,14H,6-8,13H2,1-3H3/b5-4+. The van der Waals surface area contributed by atoms with E-state index in [1.807, 2.05) is 24.9 Å². The first-order valence-electron chi connectivity index (χ1n) is 5.73. The maximum atomic E-state index is 5.78. The molecule has 0 fully saturated rings. The molecule has 1 aromatic heterocycles. The van der Waals surface area contributed by atoms with E-state index in [2.05, 4.69) is 29.5 Å². The lowest BCUT2D eigenvalue weighted by Gasteiger charge is -2.16. The molecule has 90 valence electrons. The molecular formula is C12H22N4. The van der Waals surface area contributed by atoms with Gasteiger partial charge in [0.05, 0.1) is 6.20 Å². The summed E-state index contributed by atoms with van der Waals surface area (Å²) in [4.78, 5) is 0. The third kappa shape index (κ3) is 3.18. The van der Waals surface area contributed by atoms with Gasteiger partial charge in [0.25, 0.3) is 0 Å². The van der Waals surface area contributed by atoms with E-state index in [1.165, 1.54) is 11.3 Å². The van der Waals surface area contributed by atoms with Crippen molar-refractivity contribution >= 4 is 0 Å². The van der Waals surface area contributed by atoms with Gasteiger partial charge >= 0.3 is 0 Å². The maximum Gasteiger partial charge on any atom is 0.0540 e. The summed E-state index contributed by atoms with van der Waals surface area (Å²) in [5.41, 5.74) is 8.15. The fourth-order valence-corrected chi connectivity index (χ4v) is 1.69. The molecule has 0 bridgehead atoms. The molecule has 0 spiro atoms. The van der Waals surface area contributed by atoms with Crippen LogP contribution in [0.25, 0.3) is 0 Å². The van der Waals surface area contributed by atoms with Crippen molar-refractivity contribution in [2.75, 3.05) is 13.1 Å². The van der Waals surface area contributed by atoms with Gasteiger partial charge in [0, 0.05) is 30.9 Å². The number of rotatable bonds is 6. The first-order valence-corrected chi connectivity index (χ1v) is 5.73. The Morgan fingerprint density at radius 2 is 2.38 bits per heavy atom. The van der Waals surface area contributed by atoms with Crippen molar-refractivity contribution in [3.05, 3.63) is 29.6 Å². The van der Waals surface area contributed by atoms with Crippen molar-refractivity contribution in [3.63, 3.8) is 0 Å². The van der Waals surface area contributed by atoms with E-state index in [9.17, 15) is 0 Å². The minimum atomic E-state index is 0.207. The molecule has 4 nitrogen and oxygen atoms in total. The second-order valence-electron chi connectivity index (χ2n) is 3.91. The molecular weight excluding hydrogens is 200 g/mol. The third-order valence-corrected chi connectivity index (χ3v) is 2.82. The van der Waals surface area contributed by atoms with Gasteiger partial charge in [0.15, 0.2) is 0 Å². The first-order chi connectivity index (χ1) is 7.70. The zero-order chi connectivity index (χ0) is 12.0. The normalized spacial score (nSPS) is 13.5. The quantitative estimate of drug-likeness (QED) is 0.563. The number of nitrogens with two attached hydrogens (primary N) is 1. The van der Waals surface area contributed by atoms with Gasteiger partial charge in [-0.05, 0) is 26.8 Å². The molecule has 16 heavy (non-hydrogen) atoms. The molecule has 0 aromatic carbocycles. The molecule has 1 heterocycles. The number of hydrogen-bond acceptors (Lipinski definition) is 3. The van der Waals surface area contributed by atoms with Crippen LogP contribution in [-0.4, -0.2) is 22.9 Å². The predicted molar refractivity (Wildman–Crippen MR) is 67.2 cm³/mol. The molecule has 1 rings (SSSR count). The smallest absolute Gasteiger partial charge is 0.0540 e. The average Bonchev–Trinajstić information content (AvgIpc) is 2.61. The number of aromatic nitrogens is 2. The Hall–Kier alpha value is -1.13. The molecule has 1 unspecified atom stereocenters. The van der Waals surface area contributed by atoms with Crippen LogP contribution in [0.15, 0.2) is 18.3 Å². The van der Waals surface area contributed by atoms with Crippen LogP contribution in [0.3, 0.4) is 0 Å². The van der Waals surface area contributed by atoms with E-state index >= 15 is 0 Å². The Kier molecular flexibility index (Phi) is 5.22. The fraction of sp³-hybridized carbons (Fsp3) is 0.583. The largest absolute Gasteiger partial charge is 0.329 e. The van der Waals surface area contributed by atoms with Crippen LogP contribution in [0, 0.1) is 6.92 Å². The summed E-state index contributed by atoms with van der Waals surface area (Å²) in [5, 5.41) is 7.68. The Balaban J connectivity index is 2.57. The Morgan fingerprint density at radius 3 is 2.88 bits per heavy atom. The summed E-state index contributed by atoms with van der Waals surface area (Å²) >= 11 is 0. The van der Waals surface area contributed by atoms with Crippen LogP contribution in [0.1, 0.15) is 30.6 Å². The van der Waals surface area contributed by atoms with Crippen LogP contribution < -0.4 is 11.1 Å². The van der Waals surface area contributed by atoms with Gasteiger partial charge in [-0.25, -0.2) is 0 Å². The summed E-state index contributed by atoms with van der Waals surface area (Å²) in [6, 6.07) is 0.207. The van der Waals surface area contributed by atoms with E-state index in [0.717, 1.165) is 13.0 Å². The van der Waals surface area contributed by atoms with Crippen LogP contribution in [-0.2, 0) is 7.05 Å². The molecule has 0 aliphatic carbocycles. The van der Waals surface area contributed by atoms with Crippen molar-refractivity contribution in [2.24, 2.45) is 12.8 Å². The van der Waals surface area contributed by atoms with Crippen LogP contribution in [0.2, 0.25) is 0 Å². The molecule has 0 saturated carbocycles. The van der Waals surface area contributed by atoms with Crippen LogP contribution >= 0.6 is 0 Å². The predicted octanol–water partition coefficient (Wildman–Crippen LogP) is 1.28. The van der Waals surface area contributed by atoms with Gasteiger partial charge < -0.3 is 11.1 Å². The maximum absolute atomic E-state index is 5.78. The van der Waals surface area contributed by atoms with Gasteiger partial charge in [-0.2, -0.15) is 5.10 Å². The highest BCUT2D eigenvalue weighted by molar-refractivity contribution is 5.20. The number of nitrogens with zero attached hydrogens (tertiary/aromatic N) is 2. The minimum absolute atomic E-state index is 0.207. The van der Waals surface area contributed by atoms with Gasteiger partial charge in [-0.3, -0.25) is 4.68 Å². The van der Waals surface area contributed by atoms with E-state index in [0.29, 0.717) is 6.54 Å². The summed E-state index contributed by atoms with van der Waals surface area (Å²) in [5.74, 6) is 0. The Labute approximate surface area is 97.5 Å². The van der Waals surface area contributed by atoms with Crippen molar-refractivity contribution in [3.8, 4) is 0 Å². The van der Waals surface area contributed by atoms with E-state index in [-0.39, 0.29) is 6.04 Å². The van der Waals surface area contributed by atoms with E-state index in [4.69, 9.17) is 5.73 Å². The zero-order valence-electron chi connectivity index (χ0n) is 10.4. The second-order valence-corrected chi connectivity index (χ2v) is 3.91. The molecule has 0 saturated heterocycles. The van der Waals surface area contributed by atoms with Crippen molar-refractivity contribution < 1.29 is 0 Å². The number of nitrogens with one attached hydrogen (secondary N) is 1. The molecule has 0 amide bonds. The number of allylic oxidation sites excluding steroid dienone is 1. The third-order valence-electron chi connectivity index (χ3n) is 2.82. The minimum Gasteiger partial charge on any atom is -0.329 e. The van der Waals surface area contributed by atoms with Crippen LogP contribution in [0.5, 0.6) is 0 Å². The van der Waals surface area contributed by atoms with Gasteiger partial charge in [0.2, 0.25) is 0 Å². The summed E-state index contributed by atoms with van der Waals surface area (Å²) in [6.07, 6.45) is 7.15. The van der Waals surface area contributed by atoms with Gasteiger partial charge in [0.1, 0.15) is 0 Å². The first kappa shape index (κ1) is 12.9. The van der Waals surface area contributed by atoms with E-state index in [1.54, 1.807) is 0 Å². The van der Waals surface area contributed by atoms with Crippen molar-refractivity contribution in [1.82, 2.24) is 15.1 Å². The Morgan fingerprint density at radius 1 is 1.62 bits per heavy atom. The molecule has 0 radical (unpaired) electrons. The Bertz CT molecular complexity index is 341. The lowest BCUT2D eigenvalue weighted by Crippen LogP contribution is -2.29. The van der Waals surface area contributed by atoms with Gasteiger partial charge in [-0.15, -0.1) is 0 Å². The van der Waals surface area contributed by atoms with Crippen molar-refractivity contribution in [2.45, 2.75) is 26.3 Å². The van der Waals surface area contributed by atoms with E-state index < -0.39 is 0 Å². The number of hydrogen-bond donors (Lipinski definition) is 2. The molecule has 4 heteroatoms. The molecule has 0 aliphatic heterocycles. The molecule has 1 aromatic rings. The topological polar surface area (TPSA) is 55.9 Å². The highest BCUT2D eigenvalue weighted by Gasteiger charge is 2.13. The summed E-state index contributed by atoms with van der Waals surface area (Å²) < 4.78 is 1.88. The second kappa shape index (κ2) is 6.45. The molecule has 0 aliphatic rings. The fourth-order valence-electron chi connectivity index (χ4n) is 1.69. The SMILES string of the molecule is C/C=C/CCNC(CN)c1cnn(C)c1C. The van der Waals surface area contributed by atoms with Gasteiger partial charge in [-0.1, -0.05) is 12.2 Å². The summed E-state index contributed by atoms with van der Waals surface area (Å²) in [7, 11) is 1.95. The molecule has 3 N–H and O–H groups in total. The van der Waals surface area contributed by atoms with Crippen molar-refractivity contribution in [1.29, 1.82) is 0 Å². The highest BCUT2D eigenvalue weighted by Crippen LogP contribution is 2.15. The lowest BCUT2D eigenvalue weighted by atomic mass is 10.1. The highest BCUT2D eigenvalue weighted by atomic mass is 15.3. The zero-order valence-corrected chi connectivity index (χ0v) is 10.4.